The number of amides is 1. The minimum atomic E-state index is -1.08. The quantitative estimate of drug-likeness (QED) is 0.741. The number of carbonyl (C=O) groups excluding carboxylic acids is 1. The summed E-state index contributed by atoms with van der Waals surface area (Å²) >= 11 is 2.76. The van der Waals surface area contributed by atoms with Gasteiger partial charge in [0.25, 0.3) is 5.91 Å². The summed E-state index contributed by atoms with van der Waals surface area (Å²) in [6.07, 6.45) is 5.10. The van der Waals surface area contributed by atoms with Crippen molar-refractivity contribution in [3.8, 4) is 10.6 Å². The van der Waals surface area contributed by atoms with E-state index >= 15 is 0 Å². The van der Waals surface area contributed by atoms with Crippen LogP contribution in [0, 0.1) is 0 Å². The molecular formula is C15H16N4O2S2. The van der Waals surface area contributed by atoms with Gasteiger partial charge in [-0.25, -0.2) is 4.98 Å². The lowest BCUT2D eigenvalue weighted by atomic mass is 10.1. The van der Waals surface area contributed by atoms with Crippen molar-refractivity contribution < 1.29 is 9.90 Å². The Balaban J connectivity index is 1.66. The Bertz CT molecular complexity index is 805. The molecule has 6 nitrogen and oxygen atoms in total. The summed E-state index contributed by atoms with van der Waals surface area (Å²) in [6, 6.07) is 3.73. The fourth-order valence-electron chi connectivity index (χ4n) is 2.06. The van der Waals surface area contributed by atoms with E-state index in [0.29, 0.717) is 4.88 Å². The van der Waals surface area contributed by atoms with Crippen LogP contribution in [0.3, 0.4) is 0 Å². The molecule has 0 saturated heterocycles. The second-order valence-electron chi connectivity index (χ2n) is 5.37. The molecule has 0 bridgehead atoms. The van der Waals surface area contributed by atoms with E-state index in [1.807, 2.05) is 30.8 Å². The molecule has 0 aliphatic heterocycles. The average Bonchev–Trinajstić information content (AvgIpc) is 3.24. The zero-order valence-electron chi connectivity index (χ0n) is 12.7. The molecule has 23 heavy (non-hydrogen) atoms. The third kappa shape index (κ3) is 3.49. The van der Waals surface area contributed by atoms with Crippen LogP contribution in [0.15, 0.2) is 36.1 Å². The summed E-state index contributed by atoms with van der Waals surface area (Å²) < 4.78 is 1.69. The maximum atomic E-state index is 12.2. The second kappa shape index (κ2) is 6.23. The molecule has 3 heterocycles. The number of aryl methyl sites for hydroxylation is 1. The third-order valence-corrected chi connectivity index (χ3v) is 5.49. The van der Waals surface area contributed by atoms with Crippen LogP contribution < -0.4 is 5.32 Å². The van der Waals surface area contributed by atoms with Crippen LogP contribution in [0.2, 0.25) is 0 Å². The van der Waals surface area contributed by atoms with Crippen LogP contribution in [0.25, 0.3) is 10.6 Å². The molecular weight excluding hydrogens is 332 g/mol. The largest absolute Gasteiger partial charge is 0.383 e. The lowest BCUT2D eigenvalue weighted by Crippen LogP contribution is -2.37. The van der Waals surface area contributed by atoms with Gasteiger partial charge in [-0.15, -0.1) is 22.7 Å². The first kappa shape index (κ1) is 15.9. The number of hydrogen-bond acceptors (Lipinski definition) is 6. The number of aliphatic hydroxyl groups is 1. The third-order valence-electron chi connectivity index (χ3n) is 3.33. The van der Waals surface area contributed by atoms with E-state index < -0.39 is 5.60 Å². The number of nitrogens with one attached hydrogen (secondary N) is 1. The molecule has 120 valence electrons. The van der Waals surface area contributed by atoms with Gasteiger partial charge in [0.15, 0.2) is 0 Å². The Kier molecular flexibility index (Phi) is 4.29. The fourth-order valence-corrected chi connectivity index (χ4v) is 3.65. The van der Waals surface area contributed by atoms with Crippen LogP contribution in [-0.4, -0.2) is 32.3 Å². The minimum Gasteiger partial charge on any atom is -0.383 e. The van der Waals surface area contributed by atoms with Gasteiger partial charge in [0.05, 0.1) is 18.9 Å². The van der Waals surface area contributed by atoms with Crippen molar-refractivity contribution in [3.63, 3.8) is 0 Å². The van der Waals surface area contributed by atoms with Crippen LogP contribution in [0.5, 0.6) is 0 Å². The SMILES string of the molecule is Cn1cc(-c2ncc(C(=O)NCC(C)(O)c3cccs3)s2)cn1. The van der Waals surface area contributed by atoms with Crippen molar-refractivity contribution in [2.75, 3.05) is 6.54 Å². The normalized spacial score (nSPS) is 13.7. The molecule has 3 aromatic rings. The highest BCUT2D eigenvalue weighted by Crippen LogP contribution is 2.26. The Labute approximate surface area is 141 Å². The molecule has 0 fully saturated rings. The summed E-state index contributed by atoms with van der Waals surface area (Å²) in [5, 5.41) is 19.9. The first-order valence-corrected chi connectivity index (χ1v) is 8.65. The molecule has 0 saturated carbocycles. The number of carbonyl (C=O) groups is 1. The highest BCUT2D eigenvalue weighted by Gasteiger charge is 2.25. The standard InChI is InChI=1S/C15H16N4O2S2/c1-15(21,12-4-3-5-22-12)9-17-13(20)11-7-16-14(23-11)10-6-18-19(2)8-10/h3-8,21H,9H2,1-2H3,(H,17,20). The smallest absolute Gasteiger partial charge is 0.263 e. The first-order chi connectivity index (χ1) is 11.0. The zero-order chi connectivity index (χ0) is 16.4. The molecule has 1 unspecified atom stereocenters. The number of thiophene rings is 1. The zero-order valence-corrected chi connectivity index (χ0v) is 14.3. The van der Waals surface area contributed by atoms with Gasteiger partial charge in [0.1, 0.15) is 15.5 Å². The molecule has 0 aromatic carbocycles. The van der Waals surface area contributed by atoms with Crippen molar-refractivity contribution in [1.82, 2.24) is 20.1 Å². The van der Waals surface area contributed by atoms with Gasteiger partial charge in [-0.3, -0.25) is 9.48 Å². The molecule has 3 aromatic heterocycles. The van der Waals surface area contributed by atoms with Crippen LogP contribution in [0.4, 0.5) is 0 Å². The Morgan fingerprint density at radius 2 is 2.30 bits per heavy atom. The predicted molar refractivity (Wildman–Crippen MR) is 90.5 cm³/mol. The molecule has 0 aliphatic rings. The molecule has 1 amide bonds. The maximum absolute atomic E-state index is 12.2. The van der Waals surface area contributed by atoms with Gasteiger partial charge in [-0.2, -0.15) is 5.10 Å². The number of rotatable bonds is 5. The lowest BCUT2D eigenvalue weighted by Gasteiger charge is -2.21. The summed E-state index contributed by atoms with van der Waals surface area (Å²) in [4.78, 5) is 17.8. The Morgan fingerprint density at radius 1 is 1.48 bits per heavy atom. The second-order valence-corrected chi connectivity index (χ2v) is 7.34. The Morgan fingerprint density at radius 3 is 2.96 bits per heavy atom. The van der Waals surface area contributed by atoms with E-state index in [0.717, 1.165) is 15.4 Å². The van der Waals surface area contributed by atoms with Crippen molar-refractivity contribution in [2.24, 2.45) is 7.05 Å². The summed E-state index contributed by atoms with van der Waals surface area (Å²) in [7, 11) is 1.83. The van der Waals surface area contributed by atoms with Crippen LogP contribution >= 0.6 is 22.7 Å². The van der Waals surface area contributed by atoms with Gasteiger partial charge in [0, 0.05) is 23.7 Å². The lowest BCUT2D eigenvalue weighted by molar-refractivity contribution is 0.0558. The van der Waals surface area contributed by atoms with E-state index in [1.165, 1.54) is 22.7 Å². The van der Waals surface area contributed by atoms with E-state index in [1.54, 1.807) is 24.0 Å². The molecule has 1 atom stereocenters. The molecule has 8 heteroatoms. The van der Waals surface area contributed by atoms with Crippen molar-refractivity contribution in [2.45, 2.75) is 12.5 Å². The fraction of sp³-hybridized carbons (Fsp3) is 0.267. The van der Waals surface area contributed by atoms with Crippen molar-refractivity contribution in [1.29, 1.82) is 0 Å². The van der Waals surface area contributed by atoms with Crippen molar-refractivity contribution >= 4 is 28.6 Å². The summed E-state index contributed by atoms with van der Waals surface area (Å²) in [5.74, 6) is -0.241. The minimum absolute atomic E-state index is 0.145. The topological polar surface area (TPSA) is 80.0 Å². The highest BCUT2D eigenvalue weighted by atomic mass is 32.1. The van der Waals surface area contributed by atoms with E-state index in [4.69, 9.17) is 0 Å². The Hall–Kier alpha value is -2.03. The van der Waals surface area contributed by atoms with Gasteiger partial charge < -0.3 is 10.4 Å². The highest BCUT2D eigenvalue weighted by molar-refractivity contribution is 7.16. The van der Waals surface area contributed by atoms with Gasteiger partial charge >= 0.3 is 0 Å². The van der Waals surface area contributed by atoms with E-state index in [-0.39, 0.29) is 12.5 Å². The summed E-state index contributed by atoms with van der Waals surface area (Å²) in [5.41, 5.74) is -0.206. The average molecular weight is 348 g/mol. The molecule has 3 rings (SSSR count). The molecule has 0 aliphatic carbocycles. The molecule has 2 N–H and O–H groups in total. The number of thiazole rings is 1. The number of aromatic nitrogens is 3. The monoisotopic (exact) mass is 348 g/mol. The van der Waals surface area contributed by atoms with Crippen molar-refractivity contribution in [3.05, 3.63) is 45.9 Å². The predicted octanol–water partition coefficient (Wildman–Crippen LogP) is 2.24. The van der Waals surface area contributed by atoms with Gasteiger partial charge in [-0.1, -0.05) is 6.07 Å². The van der Waals surface area contributed by atoms with Crippen LogP contribution in [-0.2, 0) is 12.6 Å². The first-order valence-electron chi connectivity index (χ1n) is 6.95. The van der Waals surface area contributed by atoms with Gasteiger partial charge in [0.2, 0.25) is 0 Å². The van der Waals surface area contributed by atoms with Crippen LogP contribution in [0.1, 0.15) is 21.5 Å². The van der Waals surface area contributed by atoms with Gasteiger partial charge in [-0.05, 0) is 18.4 Å². The molecule has 0 radical (unpaired) electrons. The number of nitrogens with zero attached hydrogens (tertiary/aromatic N) is 3. The molecule has 0 spiro atoms. The maximum Gasteiger partial charge on any atom is 0.263 e. The summed E-state index contributed by atoms with van der Waals surface area (Å²) in [6.45, 7) is 1.83. The number of hydrogen-bond donors (Lipinski definition) is 2. The van der Waals surface area contributed by atoms with E-state index in [2.05, 4.69) is 15.4 Å². The van der Waals surface area contributed by atoms with E-state index in [9.17, 15) is 9.90 Å².